The molecule has 1 aliphatic rings. The molecule has 2 unspecified atom stereocenters. The van der Waals surface area contributed by atoms with Gasteiger partial charge in [0.2, 0.25) is 0 Å². The van der Waals surface area contributed by atoms with Gasteiger partial charge < -0.3 is 20.1 Å². The van der Waals surface area contributed by atoms with Gasteiger partial charge in [-0.1, -0.05) is 18.2 Å². The quantitative estimate of drug-likeness (QED) is 0.866. The van der Waals surface area contributed by atoms with E-state index in [0.717, 1.165) is 37.4 Å². The molecule has 1 aromatic rings. The van der Waals surface area contributed by atoms with Crippen molar-refractivity contribution in [3.63, 3.8) is 0 Å². The van der Waals surface area contributed by atoms with Crippen LogP contribution in [0.15, 0.2) is 24.3 Å². The minimum Gasteiger partial charge on any atom is -0.496 e. The number of methoxy groups -OCH3 is 1. The van der Waals surface area contributed by atoms with Crippen LogP contribution in [0.3, 0.4) is 0 Å². The van der Waals surface area contributed by atoms with Crippen molar-refractivity contribution in [2.75, 3.05) is 33.9 Å². The highest BCUT2D eigenvalue weighted by Gasteiger charge is 2.18. The first-order chi connectivity index (χ1) is 9.70. The lowest BCUT2D eigenvalue weighted by Gasteiger charge is -2.29. The molecule has 0 aromatic heterocycles. The fraction of sp³-hybridized carbons (Fsp3) is 0.625. The zero-order valence-electron chi connectivity index (χ0n) is 12.5. The Morgan fingerprint density at radius 3 is 2.90 bits per heavy atom. The average Bonchev–Trinajstić information content (AvgIpc) is 2.48. The van der Waals surface area contributed by atoms with Gasteiger partial charge in [-0.05, 0) is 32.4 Å². The van der Waals surface area contributed by atoms with Gasteiger partial charge in [0, 0.05) is 31.3 Å². The summed E-state index contributed by atoms with van der Waals surface area (Å²) in [7, 11) is 3.79. The zero-order chi connectivity index (χ0) is 14.4. The molecular weight excluding hydrogens is 252 g/mol. The van der Waals surface area contributed by atoms with E-state index in [-0.39, 0.29) is 6.04 Å². The number of benzene rings is 1. The fourth-order valence-electron chi connectivity index (χ4n) is 2.78. The van der Waals surface area contributed by atoms with Gasteiger partial charge in [-0.2, -0.15) is 0 Å². The van der Waals surface area contributed by atoms with Gasteiger partial charge in [0.05, 0.1) is 13.2 Å². The van der Waals surface area contributed by atoms with Crippen molar-refractivity contribution in [2.24, 2.45) is 5.73 Å². The molecule has 2 atom stereocenters. The highest BCUT2D eigenvalue weighted by molar-refractivity contribution is 5.35. The van der Waals surface area contributed by atoms with Gasteiger partial charge in [0.25, 0.3) is 0 Å². The van der Waals surface area contributed by atoms with Crippen LogP contribution in [0.2, 0.25) is 0 Å². The SMILES string of the molecule is COc1ccccc1C(N)CN(C)CC1CCCCO1. The number of hydrogen-bond donors (Lipinski definition) is 1. The lowest BCUT2D eigenvalue weighted by Crippen LogP contribution is -2.37. The molecule has 0 radical (unpaired) electrons. The van der Waals surface area contributed by atoms with Crippen molar-refractivity contribution in [3.05, 3.63) is 29.8 Å². The summed E-state index contributed by atoms with van der Waals surface area (Å²) in [6.07, 6.45) is 3.99. The first kappa shape index (κ1) is 15.3. The molecule has 1 aromatic carbocycles. The van der Waals surface area contributed by atoms with E-state index in [1.165, 1.54) is 12.8 Å². The molecule has 4 heteroatoms. The number of para-hydroxylation sites is 1. The Morgan fingerprint density at radius 1 is 1.40 bits per heavy atom. The predicted molar refractivity (Wildman–Crippen MR) is 81.0 cm³/mol. The molecular formula is C16H26N2O2. The summed E-state index contributed by atoms with van der Waals surface area (Å²) in [4.78, 5) is 2.26. The van der Waals surface area contributed by atoms with Crippen molar-refractivity contribution in [1.29, 1.82) is 0 Å². The van der Waals surface area contributed by atoms with E-state index in [1.807, 2.05) is 24.3 Å². The van der Waals surface area contributed by atoms with Crippen molar-refractivity contribution < 1.29 is 9.47 Å². The normalized spacial score (nSPS) is 20.9. The van der Waals surface area contributed by atoms with E-state index in [4.69, 9.17) is 15.2 Å². The van der Waals surface area contributed by atoms with Crippen molar-refractivity contribution in [2.45, 2.75) is 31.4 Å². The maximum atomic E-state index is 6.31. The first-order valence-corrected chi connectivity index (χ1v) is 7.39. The summed E-state index contributed by atoms with van der Waals surface area (Å²) < 4.78 is 11.1. The molecule has 1 aliphatic heterocycles. The zero-order valence-corrected chi connectivity index (χ0v) is 12.5. The fourth-order valence-corrected chi connectivity index (χ4v) is 2.78. The second-order valence-electron chi connectivity index (χ2n) is 5.56. The van der Waals surface area contributed by atoms with Gasteiger partial charge in [-0.3, -0.25) is 0 Å². The first-order valence-electron chi connectivity index (χ1n) is 7.39. The van der Waals surface area contributed by atoms with Crippen molar-refractivity contribution in [1.82, 2.24) is 4.90 Å². The predicted octanol–water partition coefficient (Wildman–Crippen LogP) is 2.20. The molecule has 4 nitrogen and oxygen atoms in total. The third kappa shape index (κ3) is 4.20. The molecule has 1 fully saturated rings. The second kappa shape index (κ2) is 7.62. The third-order valence-electron chi connectivity index (χ3n) is 3.84. The van der Waals surface area contributed by atoms with Crippen LogP contribution in [0.25, 0.3) is 0 Å². The van der Waals surface area contributed by atoms with E-state index in [2.05, 4.69) is 11.9 Å². The topological polar surface area (TPSA) is 47.7 Å². The summed E-state index contributed by atoms with van der Waals surface area (Å²) in [6.45, 7) is 2.65. The molecule has 0 aliphatic carbocycles. The van der Waals surface area contributed by atoms with Crippen molar-refractivity contribution >= 4 is 0 Å². The maximum Gasteiger partial charge on any atom is 0.123 e. The summed E-state index contributed by atoms with van der Waals surface area (Å²) in [6, 6.07) is 7.92. The Labute approximate surface area is 121 Å². The summed E-state index contributed by atoms with van der Waals surface area (Å²) in [5, 5.41) is 0. The summed E-state index contributed by atoms with van der Waals surface area (Å²) >= 11 is 0. The van der Waals surface area contributed by atoms with E-state index >= 15 is 0 Å². The third-order valence-corrected chi connectivity index (χ3v) is 3.84. The molecule has 2 rings (SSSR count). The van der Waals surface area contributed by atoms with E-state index in [0.29, 0.717) is 6.10 Å². The van der Waals surface area contributed by atoms with Gasteiger partial charge in [-0.25, -0.2) is 0 Å². The molecule has 0 saturated carbocycles. The van der Waals surface area contributed by atoms with Crippen LogP contribution < -0.4 is 10.5 Å². The van der Waals surface area contributed by atoms with Gasteiger partial charge >= 0.3 is 0 Å². The lowest BCUT2D eigenvalue weighted by atomic mass is 10.1. The molecule has 0 bridgehead atoms. The van der Waals surface area contributed by atoms with E-state index < -0.39 is 0 Å². The second-order valence-corrected chi connectivity index (χ2v) is 5.56. The van der Waals surface area contributed by atoms with Gasteiger partial charge in [-0.15, -0.1) is 0 Å². The molecule has 1 saturated heterocycles. The summed E-state index contributed by atoms with van der Waals surface area (Å²) in [5.74, 6) is 0.863. The molecule has 0 spiro atoms. The Morgan fingerprint density at radius 2 is 2.20 bits per heavy atom. The van der Waals surface area contributed by atoms with Crippen molar-refractivity contribution in [3.8, 4) is 5.75 Å². The minimum absolute atomic E-state index is 0.0419. The molecule has 112 valence electrons. The van der Waals surface area contributed by atoms with Crippen LogP contribution in [0, 0.1) is 0 Å². The van der Waals surface area contributed by atoms with E-state index in [1.54, 1.807) is 7.11 Å². The smallest absolute Gasteiger partial charge is 0.123 e. The number of nitrogens with two attached hydrogens (primary N) is 1. The van der Waals surface area contributed by atoms with E-state index in [9.17, 15) is 0 Å². The number of rotatable bonds is 6. The molecule has 1 heterocycles. The number of hydrogen-bond acceptors (Lipinski definition) is 4. The van der Waals surface area contributed by atoms with Crippen LogP contribution in [-0.4, -0.2) is 44.9 Å². The Bertz CT molecular complexity index is 405. The molecule has 20 heavy (non-hydrogen) atoms. The Balaban J connectivity index is 1.87. The monoisotopic (exact) mass is 278 g/mol. The van der Waals surface area contributed by atoms with Gasteiger partial charge in [0.15, 0.2) is 0 Å². The number of ether oxygens (including phenoxy) is 2. The Kier molecular flexibility index (Phi) is 5.83. The van der Waals surface area contributed by atoms with Gasteiger partial charge in [0.1, 0.15) is 5.75 Å². The minimum atomic E-state index is -0.0419. The standard InChI is InChI=1S/C16H26N2O2/c1-18(11-13-7-5-6-10-20-13)12-15(17)14-8-3-4-9-16(14)19-2/h3-4,8-9,13,15H,5-7,10-12,17H2,1-2H3. The number of likely N-dealkylation sites (N-methyl/N-ethyl adjacent to an activating group) is 1. The van der Waals surface area contributed by atoms with Crippen LogP contribution in [-0.2, 0) is 4.74 Å². The van der Waals surface area contributed by atoms with Crippen LogP contribution in [0.4, 0.5) is 0 Å². The van der Waals surface area contributed by atoms with Crippen LogP contribution in [0.5, 0.6) is 5.75 Å². The van der Waals surface area contributed by atoms with Crippen LogP contribution >= 0.6 is 0 Å². The molecule has 0 amide bonds. The highest BCUT2D eigenvalue weighted by Crippen LogP contribution is 2.24. The average molecular weight is 278 g/mol. The maximum absolute atomic E-state index is 6.31. The molecule has 2 N–H and O–H groups in total. The Hall–Kier alpha value is -1.10. The van der Waals surface area contributed by atoms with Crippen LogP contribution in [0.1, 0.15) is 30.9 Å². The number of nitrogens with zero attached hydrogens (tertiary/aromatic N) is 1. The highest BCUT2D eigenvalue weighted by atomic mass is 16.5. The lowest BCUT2D eigenvalue weighted by molar-refractivity contribution is -0.00216. The largest absolute Gasteiger partial charge is 0.496 e. The summed E-state index contributed by atoms with van der Waals surface area (Å²) in [5.41, 5.74) is 7.38.